The van der Waals surface area contributed by atoms with Crippen LogP contribution in [-0.4, -0.2) is 27.5 Å². The Hall–Kier alpha value is -1.51. The lowest BCUT2D eigenvalue weighted by molar-refractivity contribution is 0.178. The Bertz CT molecular complexity index is 565. The molecule has 6 heteroatoms. The molecule has 5 nitrogen and oxygen atoms in total. The number of anilines is 1. The molecule has 1 aromatic heterocycles. The van der Waals surface area contributed by atoms with Crippen LogP contribution in [0.3, 0.4) is 0 Å². The molecular weight excluding hydrogens is 278 g/mol. The van der Waals surface area contributed by atoms with Crippen LogP contribution in [0, 0.1) is 18.3 Å². The Morgan fingerprint density at radius 2 is 2.30 bits per heavy atom. The van der Waals surface area contributed by atoms with Crippen LogP contribution in [0.15, 0.2) is 11.0 Å². The predicted molar refractivity (Wildman–Crippen MR) is 78.8 cm³/mol. The van der Waals surface area contributed by atoms with Crippen molar-refractivity contribution in [2.24, 2.45) is 5.92 Å². The van der Waals surface area contributed by atoms with Gasteiger partial charge in [0.25, 0.3) is 5.56 Å². The van der Waals surface area contributed by atoms with Crippen LogP contribution in [0.25, 0.3) is 0 Å². The number of hydrogen-bond donors (Lipinski definition) is 2. The van der Waals surface area contributed by atoms with Gasteiger partial charge in [-0.1, -0.05) is 30.4 Å². The van der Waals surface area contributed by atoms with Crippen molar-refractivity contribution in [3.63, 3.8) is 0 Å². The molecule has 1 aliphatic rings. The van der Waals surface area contributed by atoms with Crippen molar-refractivity contribution >= 4 is 17.3 Å². The van der Waals surface area contributed by atoms with Crippen molar-refractivity contribution in [3.8, 4) is 12.3 Å². The van der Waals surface area contributed by atoms with Gasteiger partial charge in [-0.3, -0.25) is 4.79 Å². The number of aromatic nitrogens is 2. The van der Waals surface area contributed by atoms with Gasteiger partial charge in [0.05, 0.1) is 11.2 Å². The summed E-state index contributed by atoms with van der Waals surface area (Å²) in [6, 6.07) is 0.0561. The van der Waals surface area contributed by atoms with Gasteiger partial charge in [0.15, 0.2) is 0 Å². The maximum Gasteiger partial charge on any atom is 0.292 e. The minimum Gasteiger partial charge on any atom is -0.396 e. The van der Waals surface area contributed by atoms with E-state index in [1.807, 2.05) is 0 Å². The fraction of sp³-hybridized carbons (Fsp3) is 0.571. The van der Waals surface area contributed by atoms with E-state index in [1.165, 1.54) is 10.9 Å². The smallest absolute Gasteiger partial charge is 0.292 e. The summed E-state index contributed by atoms with van der Waals surface area (Å²) in [6.45, 7) is 0.220. The van der Waals surface area contributed by atoms with Crippen LogP contribution in [0.4, 0.5) is 5.69 Å². The molecule has 20 heavy (non-hydrogen) atoms. The van der Waals surface area contributed by atoms with E-state index < -0.39 is 0 Å². The molecule has 1 heterocycles. The maximum absolute atomic E-state index is 12.2. The molecule has 1 saturated carbocycles. The summed E-state index contributed by atoms with van der Waals surface area (Å²) in [5.74, 6) is 2.53. The highest BCUT2D eigenvalue weighted by Crippen LogP contribution is 2.27. The summed E-state index contributed by atoms with van der Waals surface area (Å²) >= 11 is 6.06. The molecule has 0 aromatic carbocycles. The SMILES string of the molecule is C#CCn1ncc(Cl)c(NC2CCCCC2CO)c1=O. The fourth-order valence-corrected chi connectivity index (χ4v) is 2.78. The molecule has 2 N–H and O–H groups in total. The van der Waals surface area contributed by atoms with Gasteiger partial charge >= 0.3 is 0 Å². The monoisotopic (exact) mass is 295 g/mol. The second kappa shape index (κ2) is 6.78. The lowest BCUT2D eigenvalue weighted by atomic mass is 9.85. The van der Waals surface area contributed by atoms with E-state index >= 15 is 0 Å². The summed E-state index contributed by atoms with van der Waals surface area (Å²) < 4.78 is 1.20. The molecule has 2 unspecified atom stereocenters. The topological polar surface area (TPSA) is 67.2 Å². The van der Waals surface area contributed by atoms with Crippen LogP contribution in [0.5, 0.6) is 0 Å². The van der Waals surface area contributed by atoms with Crippen molar-refractivity contribution in [1.29, 1.82) is 0 Å². The second-order valence-corrected chi connectivity index (χ2v) is 5.42. The minimum absolute atomic E-state index is 0.0561. The number of nitrogens with zero attached hydrogens (tertiary/aromatic N) is 2. The highest BCUT2D eigenvalue weighted by atomic mass is 35.5. The van der Waals surface area contributed by atoms with E-state index in [0.717, 1.165) is 25.7 Å². The lowest BCUT2D eigenvalue weighted by Crippen LogP contribution is -2.37. The van der Waals surface area contributed by atoms with Crippen LogP contribution in [0.2, 0.25) is 5.02 Å². The van der Waals surface area contributed by atoms with Gasteiger partial charge in [0, 0.05) is 18.6 Å². The third-order valence-electron chi connectivity index (χ3n) is 3.71. The van der Waals surface area contributed by atoms with Gasteiger partial charge in [0.2, 0.25) is 0 Å². The summed E-state index contributed by atoms with van der Waals surface area (Å²) in [5.41, 5.74) is -0.0000186. The maximum atomic E-state index is 12.2. The highest BCUT2D eigenvalue weighted by Gasteiger charge is 2.26. The molecule has 1 aromatic rings. The summed E-state index contributed by atoms with van der Waals surface area (Å²) in [7, 11) is 0. The zero-order chi connectivity index (χ0) is 14.5. The molecule has 1 fully saturated rings. The number of nitrogens with one attached hydrogen (secondary N) is 1. The Morgan fingerprint density at radius 1 is 1.55 bits per heavy atom. The summed E-state index contributed by atoms with van der Waals surface area (Å²) in [6.07, 6.45) is 10.7. The Kier molecular flexibility index (Phi) is 5.05. The number of aliphatic hydroxyl groups excluding tert-OH is 1. The van der Waals surface area contributed by atoms with Gasteiger partial charge in [-0.15, -0.1) is 6.42 Å². The van der Waals surface area contributed by atoms with Crippen molar-refractivity contribution in [2.45, 2.75) is 38.3 Å². The van der Waals surface area contributed by atoms with Gasteiger partial charge in [0.1, 0.15) is 12.2 Å². The van der Waals surface area contributed by atoms with Gasteiger partial charge in [-0.2, -0.15) is 5.10 Å². The van der Waals surface area contributed by atoms with E-state index in [4.69, 9.17) is 18.0 Å². The molecule has 0 spiro atoms. The van der Waals surface area contributed by atoms with E-state index in [9.17, 15) is 9.90 Å². The molecule has 2 atom stereocenters. The Morgan fingerprint density at radius 3 is 3.00 bits per heavy atom. The Balaban J connectivity index is 2.26. The van der Waals surface area contributed by atoms with Crippen LogP contribution >= 0.6 is 11.6 Å². The first-order valence-corrected chi connectivity index (χ1v) is 7.11. The number of halogens is 1. The molecule has 108 valence electrons. The van der Waals surface area contributed by atoms with E-state index in [-0.39, 0.29) is 35.7 Å². The standard InChI is InChI=1S/C14H18ClN3O2/c1-2-7-18-14(20)13(11(15)8-16-18)17-12-6-4-3-5-10(12)9-19/h1,8,10,12,17,19H,3-7,9H2. The molecule has 0 aliphatic heterocycles. The largest absolute Gasteiger partial charge is 0.396 e. The van der Waals surface area contributed by atoms with E-state index in [2.05, 4.69) is 16.3 Å². The third kappa shape index (κ3) is 3.14. The zero-order valence-electron chi connectivity index (χ0n) is 11.2. The van der Waals surface area contributed by atoms with Crippen molar-refractivity contribution in [3.05, 3.63) is 21.6 Å². The van der Waals surface area contributed by atoms with Crippen LogP contribution in [0.1, 0.15) is 25.7 Å². The third-order valence-corrected chi connectivity index (χ3v) is 4.00. The van der Waals surface area contributed by atoms with E-state index in [0.29, 0.717) is 5.69 Å². The lowest BCUT2D eigenvalue weighted by Gasteiger charge is -2.31. The first-order chi connectivity index (χ1) is 9.67. The van der Waals surface area contributed by atoms with E-state index in [1.54, 1.807) is 0 Å². The first-order valence-electron chi connectivity index (χ1n) is 6.74. The average Bonchev–Trinajstić information content (AvgIpc) is 2.47. The first kappa shape index (κ1) is 14.9. The van der Waals surface area contributed by atoms with Crippen LogP contribution in [-0.2, 0) is 6.54 Å². The Labute approximate surface area is 123 Å². The number of hydrogen-bond acceptors (Lipinski definition) is 4. The number of aliphatic hydroxyl groups is 1. The van der Waals surface area contributed by atoms with Gasteiger partial charge in [-0.25, -0.2) is 4.68 Å². The molecule has 0 saturated heterocycles. The zero-order valence-corrected chi connectivity index (χ0v) is 11.9. The summed E-state index contributed by atoms with van der Waals surface area (Å²) in [4.78, 5) is 12.2. The minimum atomic E-state index is -0.322. The van der Waals surface area contributed by atoms with Gasteiger partial charge < -0.3 is 10.4 Å². The van der Waals surface area contributed by atoms with Crippen molar-refractivity contribution in [1.82, 2.24) is 9.78 Å². The molecule has 2 rings (SSSR count). The molecule has 0 amide bonds. The molecule has 1 aliphatic carbocycles. The number of rotatable bonds is 4. The number of terminal acetylenes is 1. The average molecular weight is 296 g/mol. The molecule has 0 bridgehead atoms. The highest BCUT2D eigenvalue weighted by molar-refractivity contribution is 6.33. The van der Waals surface area contributed by atoms with Crippen LogP contribution < -0.4 is 10.9 Å². The van der Waals surface area contributed by atoms with Crippen molar-refractivity contribution < 1.29 is 5.11 Å². The van der Waals surface area contributed by atoms with Gasteiger partial charge in [-0.05, 0) is 12.8 Å². The second-order valence-electron chi connectivity index (χ2n) is 5.01. The van der Waals surface area contributed by atoms with Crippen molar-refractivity contribution in [2.75, 3.05) is 11.9 Å². The fourth-order valence-electron chi connectivity index (χ4n) is 2.60. The summed E-state index contributed by atoms with van der Waals surface area (Å²) in [5, 5.41) is 16.8. The molecule has 0 radical (unpaired) electrons. The predicted octanol–water partition coefficient (Wildman–Crippen LogP) is 1.49. The quantitative estimate of drug-likeness (QED) is 0.826. The normalized spacial score (nSPS) is 22.2. The molecular formula is C14H18ClN3O2.